The summed E-state index contributed by atoms with van der Waals surface area (Å²) in [6.07, 6.45) is 2.02. The number of hydrogen-bond acceptors (Lipinski definition) is 11. The van der Waals surface area contributed by atoms with Crippen molar-refractivity contribution in [3.05, 3.63) is 0 Å². The van der Waals surface area contributed by atoms with Crippen molar-refractivity contribution in [1.29, 1.82) is 0 Å². The molecule has 13 N–H and O–H groups in total. The fourth-order valence-corrected chi connectivity index (χ4v) is 6.16. The van der Waals surface area contributed by atoms with Crippen LogP contribution in [0, 0.1) is 35.5 Å². The Balaban J connectivity index is 5.84. The average Bonchev–Trinajstić information content (AvgIpc) is 3.16. The quantitative estimate of drug-likeness (QED) is 0.0439. The minimum atomic E-state index is -1.22. The van der Waals surface area contributed by atoms with E-state index in [1.807, 2.05) is 13.8 Å². The summed E-state index contributed by atoms with van der Waals surface area (Å²) in [6.45, 7) is 21.8. The third-order valence-electron chi connectivity index (χ3n) is 10.1. The maximum atomic E-state index is 13.8. The number of carboxylic acid groups (broad SMARTS) is 1. The molecule has 8 amide bonds. The first-order valence-corrected chi connectivity index (χ1v) is 21.7. The molecule has 0 rings (SSSR count). The van der Waals surface area contributed by atoms with Crippen molar-refractivity contribution >= 4 is 53.2 Å². The predicted octanol–water partition coefficient (Wildman–Crippen LogP) is -0.617. The number of carbonyl (C=O) groups is 9. The van der Waals surface area contributed by atoms with E-state index in [9.17, 15) is 48.3 Å². The Morgan fingerprint density at radius 1 is 0.468 bits per heavy atom. The van der Waals surface area contributed by atoms with Crippen LogP contribution in [0.15, 0.2) is 0 Å². The van der Waals surface area contributed by atoms with E-state index in [0.717, 1.165) is 0 Å². The molecule has 20 heteroatoms. The highest BCUT2D eigenvalue weighted by molar-refractivity contribution is 5.98. The molecule has 0 spiro atoms. The zero-order valence-electron chi connectivity index (χ0n) is 39.1. The standard InChI is InChI=1S/C42H78N10O10/c1-20(2)18-28(47-36(55)27(44)16-14-15-17-43)37(56)50-32(23(7)8)40(59)52-33(24(9)10)41(60)51-31(22(5)6)39(58)46-26(13)35(54)49-30(21(3)4)38(57)45-19-29(53)48-34(25(11)12)42(61)62/h20-28,30-34H,14-19,43-44H2,1-13H3,(H,45,57)(H,46,58)(H,47,55)(H,48,53)(H,49,54)(H,50,56)(H,51,60)(H,52,59)(H,61,62)/t26-,27-,28-,30-,31-,32-,33-,34-/m0/s1. The van der Waals surface area contributed by atoms with Gasteiger partial charge in [-0.05, 0) is 68.2 Å². The number of nitrogens with two attached hydrogens (primary N) is 2. The van der Waals surface area contributed by atoms with Gasteiger partial charge in [0.1, 0.15) is 42.3 Å². The van der Waals surface area contributed by atoms with Gasteiger partial charge in [-0.3, -0.25) is 38.4 Å². The second-order valence-corrected chi connectivity index (χ2v) is 18.1. The summed E-state index contributed by atoms with van der Waals surface area (Å²) in [6, 6.07) is -8.71. The van der Waals surface area contributed by atoms with Crippen molar-refractivity contribution in [2.45, 2.75) is 164 Å². The molecule has 0 aliphatic carbocycles. The van der Waals surface area contributed by atoms with Gasteiger partial charge < -0.3 is 59.1 Å². The van der Waals surface area contributed by atoms with E-state index in [0.29, 0.717) is 25.8 Å². The van der Waals surface area contributed by atoms with E-state index in [4.69, 9.17) is 11.5 Å². The number of nitrogens with one attached hydrogen (secondary N) is 8. The Bertz CT molecular complexity index is 1520. The van der Waals surface area contributed by atoms with Gasteiger partial charge in [0, 0.05) is 0 Å². The van der Waals surface area contributed by atoms with Crippen molar-refractivity contribution in [1.82, 2.24) is 42.5 Å². The van der Waals surface area contributed by atoms with E-state index in [1.165, 1.54) is 6.92 Å². The van der Waals surface area contributed by atoms with Gasteiger partial charge in [-0.2, -0.15) is 0 Å². The highest BCUT2D eigenvalue weighted by Crippen LogP contribution is 2.12. The largest absolute Gasteiger partial charge is 0.480 e. The molecule has 0 heterocycles. The van der Waals surface area contributed by atoms with Crippen LogP contribution in [0.25, 0.3) is 0 Å². The molecule has 0 aliphatic heterocycles. The lowest BCUT2D eigenvalue weighted by atomic mass is 9.97. The summed E-state index contributed by atoms with van der Waals surface area (Å²) in [4.78, 5) is 118. The summed E-state index contributed by atoms with van der Waals surface area (Å²) < 4.78 is 0. The molecule has 0 saturated heterocycles. The summed E-state index contributed by atoms with van der Waals surface area (Å²) in [5.74, 6) is -8.79. The molecule has 0 aromatic carbocycles. The van der Waals surface area contributed by atoms with E-state index in [1.54, 1.807) is 69.2 Å². The normalized spacial score (nSPS) is 15.4. The molecule has 0 aromatic heterocycles. The predicted molar refractivity (Wildman–Crippen MR) is 234 cm³/mol. The van der Waals surface area contributed by atoms with Gasteiger partial charge in [0.05, 0.1) is 12.6 Å². The Kier molecular flexibility index (Phi) is 25.8. The molecule has 0 bridgehead atoms. The first kappa shape index (κ1) is 57.1. The smallest absolute Gasteiger partial charge is 0.326 e. The number of rotatable bonds is 28. The lowest BCUT2D eigenvalue weighted by Crippen LogP contribution is -2.62. The van der Waals surface area contributed by atoms with Gasteiger partial charge in [0.25, 0.3) is 0 Å². The maximum absolute atomic E-state index is 13.8. The van der Waals surface area contributed by atoms with Gasteiger partial charge >= 0.3 is 5.97 Å². The van der Waals surface area contributed by atoms with Crippen LogP contribution in [0.1, 0.15) is 116 Å². The molecular weight excluding hydrogens is 805 g/mol. The third-order valence-corrected chi connectivity index (χ3v) is 10.1. The van der Waals surface area contributed by atoms with Crippen molar-refractivity contribution in [3.8, 4) is 0 Å². The number of aliphatic carboxylic acids is 1. The van der Waals surface area contributed by atoms with Crippen LogP contribution in [0.2, 0.25) is 0 Å². The van der Waals surface area contributed by atoms with Gasteiger partial charge in [-0.15, -0.1) is 0 Å². The first-order chi connectivity index (χ1) is 28.7. The molecule has 0 aromatic rings. The summed E-state index contributed by atoms with van der Waals surface area (Å²) >= 11 is 0. The van der Waals surface area contributed by atoms with Crippen LogP contribution in [0.4, 0.5) is 0 Å². The van der Waals surface area contributed by atoms with Crippen LogP contribution in [-0.2, 0) is 43.2 Å². The zero-order chi connectivity index (χ0) is 48.2. The zero-order valence-corrected chi connectivity index (χ0v) is 39.1. The lowest BCUT2D eigenvalue weighted by molar-refractivity contribution is -0.143. The summed E-state index contributed by atoms with van der Waals surface area (Å²) in [7, 11) is 0. The second kappa shape index (κ2) is 28.0. The molecule has 8 atom stereocenters. The molecule has 62 heavy (non-hydrogen) atoms. The summed E-state index contributed by atoms with van der Waals surface area (Å²) in [5.41, 5.74) is 11.6. The molecule has 0 aliphatic rings. The minimum absolute atomic E-state index is 0.00478. The van der Waals surface area contributed by atoms with Crippen LogP contribution in [0.3, 0.4) is 0 Å². The van der Waals surface area contributed by atoms with Crippen LogP contribution >= 0.6 is 0 Å². The molecule has 0 saturated carbocycles. The highest BCUT2D eigenvalue weighted by Gasteiger charge is 2.36. The van der Waals surface area contributed by atoms with Crippen LogP contribution in [0.5, 0.6) is 0 Å². The fourth-order valence-electron chi connectivity index (χ4n) is 6.16. The monoisotopic (exact) mass is 883 g/mol. The molecule has 0 radical (unpaired) electrons. The number of amides is 8. The first-order valence-electron chi connectivity index (χ1n) is 21.7. The van der Waals surface area contributed by atoms with E-state index < -0.39 is 138 Å². The second-order valence-electron chi connectivity index (χ2n) is 18.1. The van der Waals surface area contributed by atoms with Crippen molar-refractivity contribution in [2.75, 3.05) is 13.1 Å². The number of carbonyl (C=O) groups excluding carboxylic acids is 8. The molecule has 20 nitrogen and oxygen atoms in total. The Morgan fingerprint density at radius 3 is 1.27 bits per heavy atom. The van der Waals surface area contributed by atoms with E-state index in [2.05, 4.69) is 42.5 Å². The number of hydrogen-bond donors (Lipinski definition) is 11. The van der Waals surface area contributed by atoms with Crippen molar-refractivity contribution in [2.24, 2.45) is 47.0 Å². The Hall–Kier alpha value is -4.85. The van der Waals surface area contributed by atoms with E-state index in [-0.39, 0.29) is 12.3 Å². The minimum Gasteiger partial charge on any atom is -0.480 e. The summed E-state index contributed by atoms with van der Waals surface area (Å²) in [5, 5.41) is 30.1. The highest BCUT2D eigenvalue weighted by atomic mass is 16.4. The van der Waals surface area contributed by atoms with Gasteiger partial charge in [-0.1, -0.05) is 89.5 Å². The maximum Gasteiger partial charge on any atom is 0.326 e. The molecule has 0 unspecified atom stereocenters. The van der Waals surface area contributed by atoms with Gasteiger partial charge in [0.15, 0.2) is 0 Å². The Morgan fingerprint density at radius 2 is 0.871 bits per heavy atom. The van der Waals surface area contributed by atoms with Crippen molar-refractivity contribution < 1.29 is 48.3 Å². The van der Waals surface area contributed by atoms with Crippen molar-refractivity contribution in [3.63, 3.8) is 0 Å². The fraction of sp³-hybridized carbons (Fsp3) is 0.786. The van der Waals surface area contributed by atoms with Gasteiger partial charge in [-0.25, -0.2) is 4.79 Å². The topological polar surface area (TPSA) is 322 Å². The molecule has 356 valence electrons. The Labute approximate surface area is 367 Å². The average molecular weight is 883 g/mol. The van der Waals surface area contributed by atoms with Crippen LogP contribution < -0.4 is 54.0 Å². The molecular formula is C42H78N10O10. The van der Waals surface area contributed by atoms with Crippen LogP contribution in [-0.4, -0.2) is 120 Å². The number of carboxylic acids is 1. The SMILES string of the molecule is CC(C)C[C@H](NC(=O)[C@@H](N)CCCCN)C(=O)N[C@H](C(=O)N[C@H](C(=O)N[C@H](C(=O)N[C@@H](C)C(=O)N[C@H](C(=O)NCC(=O)N[C@H](C(=O)O)C(C)C)C(C)C)C(C)C)C(C)C)C(C)C. The lowest BCUT2D eigenvalue weighted by Gasteiger charge is -2.31. The van der Waals surface area contributed by atoms with Gasteiger partial charge in [0.2, 0.25) is 47.3 Å². The molecule has 0 fully saturated rings. The van der Waals surface area contributed by atoms with E-state index >= 15 is 0 Å². The number of unbranched alkanes of at least 4 members (excludes halogenated alkanes) is 1. The third kappa shape index (κ3) is 20.3.